The zero-order valence-electron chi connectivity index (χ0n) is 11.2. The summed E-state index contributed by atoms with van der Waals surface area (Å²) < 4.78 is -0.301. The molecule has 0 amide bonds. The van der Waals surface area contributed by atoms with Gasteiger partial charge in [-0.05, 0) is 39.9 Å². The minimum atomic E-state index is -0.301. The zero-order valence-corrected chi connectivity index (χ0v) is 13.5. The number of hydrogen-bond acceptors (Lipinski definition) is 0. The normalized spacial score (nSPS) is 19.1. The van der Waals surface area contributed by atoms with Gasteiger partial charge in [0.05, 0.1) is 0 Å². The molecule has 0 heterocycles. The molecule has 0 saturated heterocycles. The highest BCUT2D eigenvalue weighted by Crippen LogP contribution is 2.56. The van der Waals surface area contributed by atoms with Crippen molar-refractivity contribution in [2.75, 3.05) is 0 Å². The van der Waals surface area contributed by atoms with Gasteiger partial charge in [-0.3, -0.25) is 0 Å². The van der Waals surface area contributed by atoms with Crippen molar-refractivity contribution in [2.45, 2.75) is 4.32 Å². The van der Waals surface area contributed by atoms with Crippen LogP contribution >= 0.6 is 27.5 Å². The molecule has 0 saturated carbocycles. The Morgan fingerprint density at radius 2 is 1.38 bits per heavy atom. The standard InChI is InChI=1S/C19H12BrCl/c20-19(13-6-2-1-3-7-13)17-9-5-4-8-15(17)16-12-14(21)10-11-18(16)19/h1-12H. The molecule has 1 atom stereocenters. The molecule has 21 heavy (non-hydrogen) atoms. The minimum Gasteiger partial charge on any atom is -0.0843 e. The van der Waals surface area contributed by atoms with Crippen LogP contribution in [0.3, 0.4) is 0 Å². The van der Waals surface area contributed by atoms with E-state index in [0.717, 1.165) is 5.02 Å². The number of halogens is 2. The second-order valence-electron chi connectivity index (χ2n) is 5.26. The molecule has 0 bridgehead atoms. The van der Waals surface area contributed by atoms with Gasteiger partial charge in [-0.2, -0.15) is 0 Å². The molecular formula is C19H12BrCl. The molecule has 0 radical (unpaired) electrons. The zero-order chi connectivity index (χ0) is 14.4. The molecule has 0 N–H and O–H groups in total. The van der Waals surface area contributed by atoms with E-state index in [0.29, 0.717) is 0 Å². The molecule has 1 unspecified atom stereocenters. The van der Waals surface area contributed by atoms with Gasteiger partial charge in [-0.15, -0.1) is 0 Å². The van der Waals surface area contributed by atoms with Crippen LogP contribution in [0.25, 0.3) is 11.1 Å². The van der Waals surface area contributed by atoms with Crippen LogP contribution in [0.5, 0.6) is 0 Å². The van der Waals surface area contributed by atoms with Crippen molar-refractivity contribution in [3.05, 3.63) is 94.5 Å². The number of hydrogen-bond donors (Lipinski definition) is 0. The van der Waals surface area contributed by atoms with Crippen molar-refractivity contribution in [2.24, 2.45) is 0 Å². The largest absolute Gasteiger partial charge is 0.102 e. The fourth-order valence-corrected chi connectivity index (χ4v) is 4.31. The third-order valence-corrected chi connectivity index (χ3v) is 5.66. The summed E-state index contributed by atoms with van der Waals surface area (Å²) in [5.41, 5.74) is 6.21. The summed E-state index contributed by atoms with van der Waals surface area (Å²) in [4.78, 5) is 0. The Hall–Kier alpha value is -1.57. The van der Waals surface area contributed by atoms with E-state index in [1.807, 2.05) is 12.1 Å². The van der Waals surface area contributed by atoms with Crippen LogP contribution in [0.1, 0.15) is 16.7 Å². The summed E-state index contributed by atoms with van der Waals surface area (Å²) in [6.07, 6.45) is 0. The summed E-state index contributed by atoms with van der Waals surface area (Å²) in [7, 11) is 0. The maximum atomic E-state index is 6.21. The highest BCUT2D eigenvalue weighted by Gasteiger charge is 2.42. The molecule has 0 aliphatic heterocycles. The van der Waals surface area contributed by atoms with E-state index in [2.05, 4.69) is 76.6 Å². The summed E-state index contributed by atoms with van der Waals surface area (Å²) in [6, 6.07) is 25.2. The van der Waals surface area contributed by atoms with E-state index in [1.54, 1.807) is 0 Å². The monoisotopic (exact) mass is 354 g/mol. The van der Waals surface area contributed by atoms with Gasteiger partial charge in [-0.1, -0.05) is 88.2 Å². The SMILES string of the molecule is Clc1ccc2c(c1)-c1ccccc1C2(Br)c1ccccc1. The number of rotatable bonds is 1. The average molecular weight is 356 g/mol. The molecule has 0 aromatic heterocycles. The lowest BCUT2D eigenvalue weighted by atomic mass is 9.89. The fraction of sp³-hybridized carbons (Fsp3) is 0.0526. The Morgan fingerprint density at radius 1 is 0.714 bits per heavy atom. The Morgan fingerprint density at radius 3 is 2.19 bits per heavy atom. The van der Waals surface area contributed by atoms with E-state index in [-0.39, 0.29) is 4.32 Å². The van der Waals surface area contributed by atoms with Gasteiger partial charge in [0, 0.05) is 5.02 Å². The fourth-order valence-electron chi connectivity index (χ4n) is 3.18. The highest BCUT2D eigenvalue weighted by molar-refractivity contribution is 9.10. The Labute approximate surface area is 137 Å². The van der Waals surface area contributed by atoms with Crippen molar-refractivity contribution in [3.63, 3.8) is 0 Å². The predicted octanol–water partition coefficient (Wildman–Crippen LogP) is 6.01. The van der Waals surface area contributed by atoms with E-state index in [1.165, 1.54) is 27.8 Å². The van der Waals surface area contributed by atoms with Crippen LogP contribution in [0.2, 0.25) is 5.02 Å². The van der Waals surface area contributed by atoms with E-state index in [9.17, 15) is 0 Å². The first kappa shape index (κ1) is 13.1. The van der Waals surface area contributed by atoms with Gasteiger partial charge in [0.1, 0.15) is 4.32 Å². The molecule has 2 heteroatoms. The molecule has 0 nitrogen and oxygen atoms in total. The predicted molar refractivity (Wildman–Crippen MR) is 92.1 cm³/mol. The molecule has 102 valence electrons. The summed E-state index contributed by atoms with van der Waals surface area (Å²) in [5.74, 6) is 0. The Balaban J connectivity index is 2.10. The summed E-state index contributed by atoms with van der Waals surface area (Å²) >= 11 is 10.2. The summed E-state index contributed by atoms with van der Waals surface area (Å²) in [5, 5.41) is 0.772. The number of fused-ring (bicyclic) bond motifs is 3. The van der Waals surface area contributed by atoms with E-state index in [4.69, 9.17) is 11.6 Å². The second kappa shape index (κ2) is 4.72. The van der Waals surface area contributed by atoms with Crippen LogP contribution in [-0.4, -0.2) is 0 Å². The van der Waals surface area contributed by atoms with Crippen molar-refractivity contribution >= 4 is 27.5 Å². The molecule has 1 aliphatic carbocycles. The third-order valence-electron chi connectivity index (χ3n) is 4.11. The summed E-state index contributed by atoms with van der Waals surface area (Å²) in [6.45, 7) is 0. The van der Waals surface area contributed by atoms with Crippen LogP contribution in [0, 0.1) is 0 Å². The van der Waals surface area contributed by atoms with Gasteiger partial charge in [0.25, 0.3) is 0 Å². The topological polar surface area (TPSA) is 0 Å². The first-order valence-corrected chi connectivity index (χ1v) is 8.02. The maximum absolute atomic E-state index is 6.21. The molecule has 4 rings (SSSR count). The van der Waals surface area contributed by atoms with E-state index >= 15 is 0 Å². The average Bonchev–Trinajstić information content (AvgIpc) is 2.79. The van der Waals surface area contributed by atoms with Gasteiger partial charge < -0.3 is 0 Å². The van der Waals surface area contributed by atoms with Crippen LogP contribution in [-0.2, 0) is 4.32 Å². The number of benzene rings is 3. The Kier molecular flexibility index (Phi) is 2.95. The van der Waals surface area contributed by atoms with Crippen LogP contribution < -0.4 is 0 Å². The smallest absolute Gasteiger partial charge is 0.0843 e. The Bertz CT molecular complexity index is 826. The van der Waals surface area contributed by atoms with Crippen LogP contribution in [0.15, 0.2) is 72.8 Å². The lowest BCUT2D eigenvalue weighted by molar-refractivity contribution is 0.951. The third kappa shape index (κ3) is 1.81. The molecule has 3 aromatic rings. The van der Waals surface area contributed by atoms with Crippen molar-refractivity contribution < 1.29 is 0 Å². The first-order valence-electron chi connectivity index (χ1n) is 6.85. The minimum absolute atomic E-state index is 0.301. The van der Waals surface area contributed by atoms with Crippen molar-refractivity contribution in [1.29, 1.82) is 0 Å². The lowest BCUT2D eigenvalue weighted by Gasteiger charge is -2.26. The molecule has 3 aromatic carbocycles. The quantitative estimate of drug-likeness (QED) is 0.469. The molecule has 0 spiro atoms. The van der Waals surface area contributed by atoms with Gasteiger partial charge in [0.15, 0.2) is 0 Å². The highest BCUT2D eigenvalue weighted by atomic mass is 79.9. The first-order chi connectivity index (χ1) is 10.2. The molecule has 1 aliphatic rings. The van der Waals surface area contributed by atoms with Gasteiger partial charge in [0.2, 0.25) is 0 Å². The van der Waals surface area contributed by atoms with Gasteiger partial charge in [-0.25, -0.2) is 0 Å². The maximum Gasteiger partial charge on any atom is 0.102 e. The van der Waals surface area contributed by atoms with Gasteiger partial charge >= 0.3 is 0 Å². The van der Waals surface area contributed by atoms with Crippen molar-refractivity contribution in [1.82, 2.24) is 0 Å². The van der Waals surface area contributed by atoms with Crippen molar-refractivity contribution in [3.8, 4) is 11.1 Å². The second-order valence-corrected chi connectivity index (χ2v) is 6.89. The van der Waals surface area contributed by atoms with Crippen LogP contribution in [0.4, 0.5) is 0 Å². The molecular weight excluding hydrogens is 344 g/mol. The molecule has 0 fully saturated rings. The number of alkyl halides is 1. The lowest BCUT2D eigenvalue weighted by Crippen LogP contribution is -2.18. The van der Waals surface area contributed by atoms with E-state index < -0.39 is 0 Å².